The molecule has 0 saturated heterocycles. The number of hydrogen-bond donors (Lipinski definition) is 2. The molecule has 5 heteroatoms. The number of benzene rings is 1. The van der Waals surface area contributed by atoms with Crippen molar-refractivity contribution in [1.82, 2.24) is 10.0 Å². The summed E-state index contributed by atoms with van der Waals surface area (Å²) >= 11 is 0. The highest BCUT2D eigenvalue weighted by atomic mass is 32.2. The molecule has 1 aliphatic carbocycles. The van der Waals surface area contributed by atoms with Crippen LogP contribution in [0.2, 0.25) is 0 Å². The van der Waals surface area contributed by atoms with Crippen LogP contribution < -0.4 is 10.0 Å². The van der Waals surface area contributed by atoms with Gasteiger partial charge >= 0.3 is 0 Å². The van der Waals surface area contributed by atoms with Crippen LogP contribution in [0.25, 0.3) is 0 Å². The Bertz CT molecular complexity index is 609. The molecule has 2 N–H and O–H groups in total. The highest BCUT2D eigenvalue weighted by Crippen LogP contribution is 2.45. The van der Waals surface area contributed by atoms with Gasteiger partial charge in [-0.15, -0.1) is 0 Å². The summed E-state index contributed by atoms with van der Waals surface area (Å²) in [6, 6.07) is 5.51. The lowest BCUT2D eigenvalue weighted by atomic mass is 10.1. The predicted octanol–water partition coefficient (Wildman–Crippen LogP) is 2.44. The van der Waals surface area contributed by atoms with E-state index < -0.39 is 10.0 Å². The summed E-state index contributed by atoms with van der Waals surface area (Å²) in [4.78, 5) is 0.371. The van der Waals surface area contributed by atoms with Crippen molar-refractivity contribution >= 4 is 10.0 Å². The summed E-state index contributed by atoms with van der Waals surface area (Å²) in [6.45, 7) is 9.87. The maximum absolute atomic E-state index is 12.5. The van der Waals surface area contributed by atoms with E-state index in [0.29, 0.717) is 11.4 Å². The Balaban J connectivity index is 2.22. The summed E-state index contributed by atoms with van der Waals surface area (Å²) in [6.07, 6.45) is 1.81. The number of nitrogens with one attached hydrogen (secondary N) is 2. The van der Waals surface area contributed by atoms with Gasteiger partial charge in [-0.05, 0) is 48.1 Å². The first kappa shape index (κ1) is 16.5. The van der Waals surface area contributed by atoms with Crippen molar-refractivity contribution in [3.05, 3.63) is 29.3 Å². The average molecular weight is 310 g/mol. The van der Waals surface area contributed by atoms with Crippen LogP contribution in [0.5, 0.6) is 0 Å². The smallest absolute Gasteiger partial charge is 0.240 e. The van der Waals surface area contributed by atoms with Gasteiger partial charge in [0.1, 0.15) is 0 Å². The van der Waals surface area contributed by atoms with Crippen LogP contribution in [0.15, 0.2) is 23.1 Å². The molecule has 118 valence electrons. The van der Waals surface area contributed by atoms with Crippen LogP contribution in [0.3, 0.4) is 0 Å². The average Bonchev–Trinajstić information content (AvgIpc) is 3.01. The molecular formula is C16H26N2O2S. The molecule has 1 aromatic rings. The van der Waals surface area contributed by atoms with Crippen LogP contribution in [0, 0.1) is 5.41 Å². The lowest BCUT2D eigenvalue weighted by Gasteiger charge is -2.13. The van der Waals surface area contributed by atoms with Gasteiger partial charge in [-0.25, -0.2) is 13.1 Å². The second kappa shape index (κ2) is 6.07. The molecule has 0 amide bonds. The van der Waals surface area contributed by atoms with Gasteiger partial charge < -0.3 is 5.32 Å². The molecule has 1 fully saturated rings. The molecule has 1 saturated carbocycles. The third-order valence-electron chi connectivity index (χ3n) is 4.25. The Morgan fingerprint density at radius 1 is 1.24 bits per heavy atom. The van der Waals surface area contributed by atoms with Crippen molar-refractivity contribution < 1.29 is 8.42 Å². The fourth-order valence-corrected chi connectivity index (χ4v) is 3.92. The zero-order valence-electron chi connectivity index (χ0n) is 13.4. The zero-order valence-corrected chi connectivity index (χ0v) is 14.2. The van der Waals surface area contributed by atoms with Gasteiger partial charge in [-0.2, -0.15) is 0 Å². The number of hydrogen-bond acceptors (Lipinski definition) is 3. The van der Waals surface area contributed by atoms with Gasteiger partial charge in [-0.3, -0.25) is 0 Å². The first-order valence-corrected chi connectivity index (χ1v) is 9.13. The molecule has 1 aromatic carbocycles. The molecule has 0 heterocycles. The van der Waals surface area contributed by atoms with E-state index in [4.69, 9.17) is 0 Å². The van der Waals surface area contributed by atoms with E-state index >= 15 is 0 Å². The van der Waals surface area contributed by atoms with Crippen LogP contribution in [-0.4, -0.2) is 21.0 Å². The Hall–Kier alpha value is -0.910. The lowest BCUT2D eigenvalue weighted by Crippen LogP contribution is -2.28. The van der Waals surface area contributed by atoms with E-state index in [9.17, 15) is 8.42 Å². The lowest BCUT2D eigenvalue weighted by molar-refractivity contribution is 0.554. The number of sulfonamides is 1. The van der Waals surface area contributed by atoms with Crippen LogP contribution in [-0.2, 0) is 23.0 Å². The summed E-state index contributed by atoms with van der Waals surface area (Å²) in [5, 5.41) is 3.27. The molecule has 2 rings (SSSR count). The Labute approximate surface area is 128 Å². The molecule has 0 aliphatic heterocycles. The highest BCUT2D eigenvalue weighted by molar-refractivity contribution is 7.89. The minimum Gasteiger partial charge on any atom is -0.313 e. The van der Waals surface area contributed by atoms with Crippen LogP contribution >= 0.6 is 0 Å². The molecular weight excluding hydrogens is 284 g/mol. The Kier molecular flexibility index (Phi) is 4.76. The van der Waals surface area contributed by atoms with Crippen molar-refractivity contribution in [2.24, 2.45) is 5.41 Å². The van der Waals surface area contributed by atoms with Crippen molar-refractivity contribution in [2.75, 3.05) is 6.54 Å². The molecule has 1 unspecified atom stereocenters. The fourth-order valence-electron chi connectivity index (χ4n) is 2.46. The van der Waals surface area contributed by atoms with Crippen LogP contribution in [0.4, 0.5) is 0 Å². The van der Waals surface area contributed by atoms with E-state index in [1.54, 1.807) is 12.1 Å². The Morgan fingerprint density at radius 3 is 2.43 bits per heavy atom. The van der Waals surface area contributed by atoms with Gasteiger partial charge in [0.2, 0.25) is 10.0 Å². The quantitative estimate of drug-likeness (QED) is 0.813. The molecule has 0 bridgehead atoms. The minimum absolute atomic E-state index is 0.0607. The summed E-state index contributed by atoms with van der Waals surface area (Å²) in [5.74, 6) is 0. The van der Waals surface area contributed by atoms with Gasteiger partial charge in [0.15, 0.2) is 0 Å². The van der Waals surface area contributed by atoms with E-state index in [0.717, 1.165) is 24.9 Å². The van der Waals surface area contributed by atoms with Crippen LogP contribution in [0.1, 0.15) is 45.2 Å². The van der Waals surface area contributed by atoms with Crippen molar-refractivity contribution in [2.45, 2.75) is 58.0 Å². The summed E-state index contributed by atoms with van der Waals surface area (Å²) in [5.41, 5.74) is 2.35. The van der Waals surface area contributed by atoms with Gasteiger partial charge in [-0.1, -0.05) is 33.8 Å². The molecule has 1 atom stereocenters. The third-order valence-corrected chi connectivity index (χ3v) is 5.71. The molecule has 0 radical (unpaired) electrons. The van der Waals surface area contributed by atoms with Gasteiger partial charge in [0.25, 0.3) is 0 Å². The highest BCUT2D eigenvalue weighted by Gasteiger charge is 2.47. The largest absolute Gasteiger partial charge is 0.313 e. The second-order valence-electron chi connectivity index (χ2n) is 6.43. The summed E-state index contributed by atoms with van der Waals surface area (Å²) in [7, 11) is -3.42. The van der Waals surface area contributed by atoms with E-state index in [1.165, 1.54) is 5.56 Å². The van der Waals surface area contributed by atoms with Gasteiger partial charge in [0.05, 0.1) is 4.90 Å². The molecule has 1 aliphatic rings. The van der Waals surface area contributed by atoms with Crippen molar-refractivity contribution in [1.29, 1.82) is 0 Å². The normalized spacial score (nSPS) is 20.5. The number of aryl methyl sites for hydroxylation is 1. The number of rotatable bonds is 7. The van der Waals surface area contributed by atoms with Crippen molar-refractivity contribution in [3.63, 3.8) is 0 Å². The van der Waals surface area contributed by atoms with E-state index in [1.807, 2.05) is 13.0 Å². The summed E-state index contributed by atoms with van der Waals surface area (Å²) < 4.78 is 27.7. The molecule has 0 aromatic heterocycles. The minimum atomic E-state index is -3.42. The second-order valence-corrected chi connectivity index (χ2v) is 8.14. The first-order valence-electron chi connectivity index (χ1n) is 7.65. The first-order chi connectivity index (χ1) is 9.80. The van der Waals surface area contributed by atoms with Crippen molar-refractivity contribution in [3.8, 4) is 0 Å². The standard InChI is InChI=1S/C16H26N2O2S/c1-5-12-7-8-14(9-13(12)11-17-6-2)21(19,20)18-15-10-16(15,3)4/h7-9,15,17-18H,5-6,10-11H2,1-4H3. The SMILES string of the molecule is CCNCc1cc(S(=O)(=O)NC2CC2(C)C)ccc1CC. The Morgan fingerprint density at radius 2 is 1.90 bits per heavy atom. The van der Waals surface area contributed by atoms with Gasteiger partial charge in [0, 0.05) is 12.6 Å². The monoisotopic (exact) mass is 310 g/mol. The molecule has 4 nitrogen and oxygen atoms in total. The third kappa shape index (κ3) is 3.84. The molecule has 0 spiro atoms. The van der Waals surface area contributed by atoms with E-state index in [-0.39, 0.29) is 11.5 Å². The maximum atomic E-state index is 12.5. The van der Waals surface area contributed by atoms with E-state index in [2.05, 4.69) is 30.8 Å². The fraction of sp³-hybridized carbons (Fsp3) is 0.625. The zero-order chi connectivity index (χ0) is 15.7. The predicted molar refractivity (Wildman–Crippen MR) is 85.7 cm³/mol. The topological polar surface area (TPSA) is 58.2 Å². The molecule has 21 heavy (non-hydrogen) atoms. The maximum Gasteiger partial charge on any atom is 0.240 e.